The van der Waals surface area contributed by atoms with Gasteiger partial charge in [-0.2, -0.15) is 5.10 Å². The second kappa shape index (κ2) is 12.8. The van der Waals surface area contributed by atoms with E-state index in [-0.39, 0.29) is 6.03 Å². The van der Waals surface area contributed by atoms with E-state index in [1.165, 1.54) is 5.56 Å². The summed E-state index contributed by atoms with van der Waals surface area (Å²) in [5.74, 6) is 0. The van der Waals surface area contributed by atoms with Gasteiger partial charge in [0.05, 0.1) is 13.2 Å². The number of urea groups is 1. The van der Waals surface area contributed by atoms with Gasteiger partial charge in [0.15, 0.2) is 0 Å². The molecule has 10 nitrogen and oxygen atoms in total. The number of hydrogen-bond acceptors (Lipinski definition) is 6. The highest BCUT2D eigenvalue weighted by Gasteiger charge is 2.20. The minimum absolute atomic E-state index is 0.0546. The van der Waals surface area contributed by atoms with Gasteiger partial charge in [0.1, 0.15) is 11.3 Å². The zero-order valence-electron chi connectivity index (χ0n) is 26.0. The SMILES string of the molecule is CCn1cc(-c2ccnc3[nH]c(-c4ccc(CN5CCOCC5)cc4)cc23)c(-c2ccc(NC(=O)N3CCN(C)CC3)cc2)n1. The second-order valence-electron chi connectivity index (χ2n) is 11.9. The van der Waals surface area contributed by atoms with Crippen LogP contribution >= 0.6 is 0 Å². The molecule has 2 saturated heterocycles. The molecule has 2 aromatic carbocycles. The predicted molar refractivity (Wildman–Crippen MR) is 178 cm³/mol. The molecule has 0 spiro atoms. The number of rotatable bonds is 7. The number of aromatic nitrogens is 4. The van der Waals surface area contributed by atoms with Crippen LogP contribution in [0.3, 0.4) is 0 Å². The van der Waals surface area contributed by atoms with Gasteiger partial charge >= 0.3 is 6.03 Å². The Labute approximate surface area is 263 Å². The number of pyridine rings is 1. The molecule has 45 heavy (non-hydrogen) atoms. The lowest BCUT2D eigenvalue weighted by Gasteiger charge is -2.32. The van der Waals surface area contributed by atoms with Crippen LogP contribution in [0.4, 0.5) is 10.5 Å². The highest BCUT2D eigenvalue weighted by Crippen LogP contribution is 2.37. The maximum Gasteiger partial charge on any atom is 0.321 e. The van der Waals surface area contributed by atoms with Crippen LogP contribution < -0.4 is 5.32 Å². The lowest BCUT2D eigenvalue weighted by molar-refractivity contribution is 0.0342. The van der Waals surface area contributed by atoms with Crippen molar-refractivity contribution in [3.05, 3.63) is 78.6 Å². The Morgan fingerprint density at radius 2 is 1.64 bits per heavy atom. The Kier molecular flexibility index (Phi) is 8.34. The maximum atomic E-state index is 12.8. The van der Waals surface area contributed by atoms with Crippen molar-refractivity contribution < 1.29 is 9.53 Å². The molecule has 0 unspecified atom stereocenters. The molecular formula is C35H40N8O2. The van der Waals surface area contributed by atoms with E-state index in [1.807, 2.05) is 40.0 Å². The lowest BCUT2D eigenvalue weighted by Crippen LogP contribution is -2.48. The zero-order valence-corrected chi connectivity index (χ0v) is 26.0. The number of fused-ring (bicyclic) bond motifs is 1. The average molecular weight is 605 g/mol. The fourth-order valence-electron chi connectivity index (χ4n) is 6.14. The number of anilines is 1. The number of morpholine rings is 1. The molecule has 232 valence electrons. The molecule has 5 aromatic rings. The van der Waals surface area contributed by atoms with E-state index in [0.717, 1.165) is 116 Å². The Morgan fingerprint density at radius 1 is 0.911 bits per heavy atom. The normalized spacial score (nSPS) is 16.4. The van der Waals surface area contributed by atoms with Crippen molar-refractivity contribution in [2.24, 2.45) is 0 Å². The smallest absolute Gasteiger partial charge is 0.321 e. The Balaban J connectivity index is 1.13. The van der Waals surface area contributed by atoms with Crippen molar-refractivity contribution >= 4 is 22.8 Å². The minimum atomic E-state index is -0.0546. The molecule has 0 saturated carbocycles. The van der Waals surface area contributed by atoms with Crippen molar-refractivity contribution in [3.8, 4) is 33.6 Å². The third-order valence-corrected chi connectivity index (χ3v) is 8.88. The van der Waals surface area contributed by atoms with Crippen molar-refractivity contribution in [2.45, 2.75) is 20.0 Å². The van der Waals surface area contributed by atoms with Gasteiger partial charge in [-0.05, 0) is 54.9 Å². The number of carbonyl (C=O) groups is 1. The first-order valence-electron chi connectivity index (χ1n) is 15.8. The summed E-state index contributed by atoms with van der Waals surface area (Å²) in [6.45, 7) is 10.6. The Bertz CT molecular complexity index is 1760. The summed E-state index contributed by atoms with van der Waals surface area (Å²) < 4.78 is 7.46. The Hall–Kier alpha value is -4.51. The summed E-state index contributed by atoms with van der Waals surface area (Å²) in [5.41, 5.74) is 9.10. The van der Waals surface area contributed by atoms with Crippen molar-refractivity contribution in [1.82, 2.24) is 34.4 Å². The molecule has 2 aliphatic heterocycles. The standard InChI is InChI=1S/C35H40N8O2/c1-3-43-24-31(33(39-43)27-8-10-28(11-9-27)37-35(44)42-16-14-40(2)15-17-42)29-12-13-36-34-30(29)22-32(38-34)26-6-4-25(5-7-26)23-41-18-20-45-21-19-41/h4-13,22,24H,3,14-21,23H2,1-2H3,(H,36,38)(H,37,44). The number of piperazine rings is 1. The van der Waals surface area contributed by atoms with Crippen LogP contribution in [0.5, 0.6) is 0 Å². The first-order valence-corrected chi connectivity index (χ1v) is 15.8. The van der Waals surface area contributed by atoms with Gasteiger partial charge in [-0.3, -0.25) is 9.58 Å². The summed E-state index contributed by atoms with van der Waals surface area (Å²) in [6, 6.07) is 21.0. The molecule has 2 fully saturated rings. The van der Waals surface area contributed by atoms with E-state index in [2.05, 4.69) is 81.7 Å². The molecule has 2 amide bonds. The van der Waals surface area contributed by atoms with Gasteiger partial charge in [-0.25, -0.2) is 9.78 Å². The van der Waals surface area contributed by atoms with E-state index in [4.69, 9.17) is 9.84 Å². The van der Waals surface area contributed by atoms with Gasteiger partial charge in [0, 0.05) is 92.6 Å². The van der Waals surface area contributed by atoms with Gasteiger partial charge < -0.3 is 24.8 Å². The van der Waals surface area contributed by atoms with Crippen LogP contribution in [0.1, 0.15) is 12.5 Å². The fourth-order valence-corrected chi connectivity index (χ4v) is 6.14. The van der Waals surface area contributed by atoms with Gasteiger partial charge in [0.2, 0.25) is 0 Å². The number of ether oxygens (including phenoxy) is 1. The van der Waals surface area contributed by atoms with Crippen molar-refractivity contribution in [2.75, 3.05) is 64.8 Å². The van der Waals surface area contributed by atoms with E-state index in [1.54, 1.807) is 0 Å². The molecule has 10 heteroatoms. The highest BCUT2D eigenvalue weighted by molar-refractivity contribution is 5.99. The third kappa shape index (κ3) is 6.35. The van der Waals surface area contributed by atoms with Crippen LogP contribution in [0.25, 0.3) is 44.7 Å². The van der Waals surface area contributed by atoms with E-state index < -0.39 is 0 Å². The molecule has 0 bridgehead atoms. The van der Waals surface area contributed by atoms with Crippen molar-refractivity contribution in [1.29, 1.82) is 0 Å². The van der Waals surface area contributed by atoms with E-state index in [0.29, 0.717) is 0 Å². The van der Waals surface area contributed by atoms with Crippen LogP contribution in [0, 0.1) is 0 Å². The van der Waals surface area contributed by atoms with Crippen LogP contribution in [-0.2, 0) is 17.8 Å². The quantitative estimate of drug-likeness (QED) is 0.259. The number of amides is 2. The van der Waals surface area contributed by atoms with E-state index >= 15 is 0 Å². The number of benzene rings is 2. The number of carbonyl (C=O) groups excluding carboxylic acids is 1. The maximum absolute atomic E-state index is 12.8. The third-order valence-electron chi connectivity index (χ3n) is 8.88. The number of likely N-dealkylation sites (N-methyl/N-ethyl adjacent to an activating group) is 1. The van der Waals surface area contributed by atoms with E-state index in [9.17, 15) is 4.79 Å². The number of hydrogen-bond donors (Lipinski definition) is 2. The van der Waals surface area contributed by atoms with Crippen LogP contribution in [-0.4, -0.2) is 100 Å². The molecule has 5 heterocycles. The highest BCUT2D eigenvalue weighted by atomic mass is 16.5. The Morgan fingerprint density at radius 3 is 2.38 bits per heavy atom. The van der Waals surface area contributed by atoms with Crippen LogP contribution in [0.15, 0.2) is 73.1 Å². The summed E-state index contributed by atoms with van der Waals surface area (Å²) in [7, 11) is 2.08. The summed E-state index contributed by atoms with van der Waals surface area (Å²) >= 11 is 0. The number of aromatic amines is 1. The largest absolute Gasteiger partial charge is 0.379 e. The predicted octanol–water partition coefficient (Wildman–Crippen LogP) is 5.39. The fraction of sp³-hybridized carbons (Fsp3) is 0.343. The molecule has 3 aromatic heterocycles. The molecule has 2 aliphatic rings. The first-order chi connectivity index (χ1) is 22.0. The molecular weight excluding hydrogens is 564 g/mol. The minimum Gasteiger partial charge on any atom is -0.379 e. The number of H-pyrrole nitrogens is 1. The van der Waals surface area contributed by atoms with Gasteiger partial charge in [-0.1, -0.05) is 36.4 Å². The van der Waals surface area contributed by atoms with Gasteiger partial charge in [-0.15, -0.1) is 0 Å². The first kappa shape index (κ1) is 29.2. The summed E-state index contributed by atoms with van der Waals surface area (Å²) in [5, 5.41) is 9.06. The van der Waals surface area contributed by atoms with Crippen molar-refractivity contribution in [3.63, 3.8) is 0 Å². The molecule has 0 aliphatic carbocycles. The summed E-state index contributed by atoms with van der Waals surface area (Å²) in [4.78, 5) is 27.6. The number of nitrogens with zero attached hydrogens (tertiary/aromatic N) is 6. The average Bonchev–Trinajstić information content (AvgIpc) is 3.71. The number of nitrogens with one attached hydrogen (secondary N) is 2. The topological polar surface area (TPSA) is 94.5 Å². The van der Waals surface area contributed by atoms with Crippen LogP contribution in [0.2, 0.25) is 0 Å². The zero-order chi connectivity index (χ0) is 30.8. The monoisotopic (exact) mass is 604 g/mol. The molecule has 2 N–H and O–H groups in total. The second-order valence-corrected chi connectivity index (χ2v) is 11.9. The molecule has 0 atom stereocenters. The number of aryl methyl sites for hydroxylation is 1. The lowest BCUT2D eigenvalue weighted by atomic mass is 10.00. The molecule has 0 radical (unpaired) electrons. The molecule has 7 rings (SSSR count). The summed E-state index contributed by atoms with van der Waals surface area (Å²) in [6.07, 6.45) is 3.97. The van der Waals surface area contributed by atoms with Gasteiger partial charge in [0.25, 0.3) is 0 Å².